The molecule has 234 valence electrons. The van der Waals surface area contributed by atoms with Crippen molar-refractivity contribution in [1.29, 1.82) is 0 Å². The van der Waals surface area contributed by atoms with E-state index in [1.165, 1.54) is 25.2 Å². The van der Waals surface area contributed by atoms with Crippen LogP contribution in [0.3, 0.4) is 0 Å². The molecule has 0 saturated heterocycles. The summed E-state index contributed by atoms with van der Waals surface area (Å²) in [6.45, 7) is 9.52. The van der Waals surface area contributed by atoms with Gasteiger partial charge >= 0.3 is 12.1 Å². The Labute approximate surface area is 257 Å². The second kappa shape index (κ2) is 13.7. The molecule has 0 radical (unpaired) electrons. The molecule has 0 unspecified atom stereocenters. The minimum Gasteiger partial charge on any atom is -0.490 e. The highest BCUT2D eigenvalue weighted by Gasteiger charge is 2.32. The average Bonchev–Trinajstić information content (AvgIpc) is 3.27. The summed E-state index contributed by atoms with van der Waals surface area (Å²) in [5.41, 5.74) is 2.19. The fourth-order valence-corrected chi connectivity index (χ4v) is 5.80. The van der Waals surface area contributed by atoms with Crippen LogP contribution in [0.15, 0.2) is 53.8 Å². The number of thiazole rings is 1. The smallest absolute Gasteiger partial charge is 0.416 e. The Bertz CT molecular complexity index is 1740. The van der Waals surface area contributed by atoms with Crippen molar-refractivity contribution in [2.45, 2.75) is 72.8 Å². The maximum Gasteiger partial charge on any atom is 0.416 e. The largest absolute Gasteiger partial charge is 0.490 e. The zero-order valence-corrected chi connectivity index (χ0v) is 26.0. The molecule has 0 bridgehead atoms. The van der Waals surface area contributed by atoms with E-state index in [1.54, 1.807) is 0 Å². The number of pyridine rings is 1. The van der Waals surface area contributed by atoms with Gasteiger partial charge in [-0.1, -0.05) is 24.7 Å². The molecule has 2 aromatic heterocycles. The number of amides is 1. The third-order valence-corrected chi connectivity index (χ3v) is 7.82. The number of benzene rings is 2. The minimum absolute atomic E-state index is 0.0861. The monoisotopic (exact) mass is 630 g/mol. The van der Waals surface area contributed by atoms with Crippen molar-refractivity contribution in [2.75, 3.05) is 6.61 Å². The summed E-state index contributed by atoms with van der Waals surface area (Å²) >= 11 is 1.27. The molecule has 2 aromatic carbocycles. The number of hydrogen-bond donors (Lipinski definition) is 1. The lowest BCUT2D eigenvalue weighted by molar-refractivity contribution is -0.687. The van der Waals surface area contributed by atoms with Gasteiger partial charge in [-0.25, -0.2) is 0 Å². The summed E-state index contributed by atoms with van der Waals surface area (Å²) in [6.07, 6.45) is -0.0115. The molecular weight excluding hydrogens is 595 g/mol. The van der Waals surface area contributed by atoms with E-state index in [0.717, 1.165) is 57.9 Å². The summed E-state index contributed by atoms with van der Waals surface area (Å²) < 4.78 is 56.1. The molecule has 0 aliphatic carbocycles. The van der Waals surface area contributed by atoms with Gasteiger partial charge in [0, 0.05) is 25.1 Å². The zero-order chi connectivity index (χ0) is 32.2. The summed E-state index contributed by atoms with van der Waals surface area (Å²) in [7, 11) is 0. The van der Waals surface area contributed by atoms with Crippen LogP contribution in [0.5, 0.6) is 11.5 Å². The van der Waals surface area contributed by atoms with Crippen LogP contribution in [-0.2, 0) is 24.1 Å². The number of hydrogen-bond acceptors (Lipinski definition) is 6. The molecule has 2 heterocycles. The second-order valence-electron chi connectivity index (χ2n) is 10.7. The van der Waals surface area contributed by atoms with Crippen molar-refractivity contribution < 1.29 is 41.9 Å². The van der Waals surface area contributed by atoms with Gasteiger partial charge in [-0.15, -0.1) is 0 Å². The first-order valence-electron chi connectivity index (χ1n) is 14.2. The molecule has 0 spiro atoms. The number of halogens is 3. The van der Waals surface area contributed by atoms with Gasteiger partial charge in [0.15, 0.2) is 23.7 Å². The predicted octanol–water partition coefficient (Wildman–Crippen LogP) is 5.90. The molecule has 0 aliphatic heterocycles. The molecule has 1 amide bonds. The molecular formula is C32H35F3N3O5S+. The fraction of sp³-hybridized carbons (Fsp3) is 0.375. The van der Waals surface area contributed by atoms with E-state index in [0.29, 0.717) is 23.6 Å². The third kappa shape index (κ3) is 7.92. The van der Waals surface area contributed by atoms with Crippen molar-refractivity contribution in [3.8, 4) is 11.5 Å². The molecule has 0 aliphatic rings. The van der Waals surface area contributed by atoms with E-state index in [4.69, 9.17) is 9.47 Å². The molecule has 1 N–H and O–H groups in total. The van der Waals surface area contributed by atoms with Crippen LogP contribution in [0.25, 0.3) is 10.2 Å². The van der Waals surface area contributed by atoms with Crippen molar-refractivity contribution in [1.82, 2.24) is 4.57 Å². The number of rotatable bonds is 10. The van der Waals surface area contributed by atoms with E-state index in [1.807, 2.05) is 60.5 Å². The summed E-state index contributed by atoms with van der Waals surface area (Å²) in [5, 5.41) is 9.61. The second-order valence-corrected chi connectivity index (χ2v) is 11.7. The Morgan fingerprint density at radius 2 is 1.84 bits per heavy atom. The molecule has 4 rings (SSSR count). The number of aromatic nitrogens is 2. The topological polar surface area (TPSA) is 94.0 Å². The first-order valence-corrected chi connectivity index (χ1v) is 15.0. The number of ether oxygens (including phenoxy) is 2. The molecule has 8 nitrogen and oxygen atoms in total. The maximum atomic E-state index is 13.5. The van der Waals surface area contributed by atoms with Crippen LogP contribution >= 0.6 is 11.3 Å². The Kier molecular flexibility index (Phi) is 10.3. The first-order chi connectivity index (χ1) is 20.8. The van der Waals surface area contributed by atoms with Crippen molar-refractivity contribution in [2.24, 2.45) is 4.99 Å². The lowest BCUT2D eigenvalue weighted by atomic mass is 10.1. The SMILES string of the molecule is CCCCn1c(=NC(=O)c2cc(C(F)(F)F)ccc2OC[C@H](C)O)sc2cc[n+](Cc3cc(C)c(OC(C)=O)c(C)c3)cc21. The van der Waals surface area contributed by atoms with Crippen LogP contribution in [0, 0.1) is 13.8 Å². The molecule has 0 saturated carbocycles. The van der Waals surface area contributed by atoms with Crippen LogP contribution < -0.4 is 18.8 Å². The van der Waals surface area contributed by atoms with Gasteiger partial charge < -0.3 is 19.1 Å². The van der Waals surface area contributed by atoms with Gasteiger partial charge in [0.25, 0.3) is 5.91 Å². The van der Waals surface area contributed by atoms with Gasteiger partial charge in [0.1, 0.15) is 23.6 Å². The van der Waals surface area contributed by atoms with E-state index in [2.05, 4.69) is 4.99 Å². The summed E-state index contributed by atoms with van der Waals surface area (Å²) in [5.74, 6) is -0.792. The maximum absolute atomic E-state index is 13.5. The standard InChI is InChI=1S/C32H35F3N3O5S/c1-6-7-11-38-26-17-37(16-23-13-19(2)29(20(3)14-23)43-22(5)40)12-10-28(26)44-31(38)36-30(41)25-15-24(32(33,34)35)8-9-27(25)42-18-21(4)39/h8-10,12-15,17,21,39H,6-7,11,16,18H2,1-5H3/q+1/t21-/m0/s1. The van der Waals surface area contributed by atoms with E-state index >= 15 is 0 Å². The predicted molar refractivity (Wildman–Crippen MR) is 160 cm³/mol. The van der Waals surface area contributed by atoms with Gasteiger partial charge in [-0.05, 0) is 68.7 Å². The number of alkyl halides is 3. The normalized spacial score (nSPS) is 12.9. The Morgan fingerprint density at radius 3 is 2.45 bits per heavy atom. The van der Waals surface area contributed by atoms with Crippen molar-refractivity contribution >= 4 is 33.4 Å². The number of unbranched alkanes of at least 4 members (excludes halogenated alkanes) is 1. The number of esters is 1. The number of carbonyl (C=O) groups is 2. The lowest BCUT2D eigenvalue weighted by Gasteiger charge is -2.13. The van der Waals surface area contributed by atoms with Crippen molar-refractivity contribution in [3.63, 3.8) is 0 Å². The third-order valence-electron chi connectivity index (χ3n) is 6.76. The molecule has 4 aromatic rings. The number of nitrogens with zero attached hydrogens (tertiary/aromatic N) is 3. The van der Waals surface area contributed by atoms with E-state index < -0.39 is 23.8 Å². The quantitative estimate of drug-likeness (QED) is 0.134. The highest BCUT2D eigenvalue weighted by Crippen LogP contribution is 2.33. The van der Waals surface area contributed by atoms with Crippen LogP contribution in [0.4, 0.5) is 13.2 Å². The number of aliphatic hydroxyl groups is 1. The number of fused-ring (bicyclic) bond motifs is 1. The van der Waals surface area contributed by atoms with Crippen LogP contribution in [-0.4, -0.2) is 34.3 Å². The lowest BCUT2D eigenvalue weighted by Crippen LogP contribution is -2.33. The Morgan fingerprint density at radius 1 is 1.14 bits per heavy atom. The first kappa shape index (κ1) is 32.9. The molecule has 44 heavy (non-hydrogen) atoms. The highest BCUT2D eigenvalue weighted by molar-refractivity contribution is 7.16. The minimum atomic E-state index is -4.66. The summed E-state index contributed by atoms with van der Waals surface area (Å²) in [4.78, 5) is 29.5. The zero-order valence-electron chi connectivity index (χ0n) is 25.2. The van der Waals surface area contributed by atoms with E-state index in [9.17, 15) is 27.9 Å². The number of aliphatic hydroxyl groups excluding tert-OH is 1. The van der Waals surface area contributed by atoms with Gasteiger partial charge in [0.2, 0.25) is 0 Å². The van der Waals surface area contributed by atoms with Crippen LogP contribution in [0.1, 0.15) is 66.2 Å². The van der Waals surface area contributed by atoms with Gasteiger partial charge in [0.05, 0.1) is 21.9 Å². The Balaban J connectivity index is 1.76. The number of carbonyl (C=O) groups excluding carboxylic acids is 2. The fourth-order valence-electron chi connectivity index (χ4n) is 4.78. The van der Waals surface area contributed by atoms with Gasteiger partial charge in [-0.3, -0.25) is 9.59 Å². The average molecular weight is 631 g/mol. The van der Waals surface area contributed by atoms with Gasteiger partial charge in [-0.2, -0.15) is 22.7 Å². The van der Waals surface area contributed by atoms with Crippen LogP contribution in [0.2, 0.25) is 0 Å². The Hall–Kier alpha value is -4.03. The molecule has 1 atom stereocenters. The van der Waals surface area contributed by atoms with Crippen molar-refractivity contribution in [3.05, 3.63) is 81.4 Å². The van der Waals surface area contributed by atoms with E-state index in [-0.39, 0.29) is 23.9 Å². The number of aryl methyl sites for hydroxylation is 3. The molecule has 12 heteroatoms. The highest BCUT2D eigenvalue weighted by atomic mass is 32.1. The summed E-state index contributed by atoms with van der Waals surface area (Å²) in [6, 6.07) is 8.49. The molecule has 0 fully saturated rings.